The second kappa shape index (κ2) is 11.4. The molecule has 2 heteroatoms. The molecule has 2 atom stereocenters. The van der Waals surface area contributed by atoms with Crippen LogP contribution in [0, 0.1) is 22.7 Å². The first kappa shape index (κ1) is 26.0. The van der Waals surface area contributed by atoms with E-state index in [2.05, 4.69) is 66.7 Å². The minimum Gasteiger partial charge on any atom is -0.459 e. The Morgan fingerprint density at radius 1 is 1.03 bits per heavy atom. The minimum absolute atomic E-state index is 0.0368. The molecule has 0 aromatic heterocycles. The molecule has 1 rings (SSSR count). The van der Waals surface area contributed by atoms with Gasteiger partial charge in [-0.3, -0.25) is 4.79 Å². The van der Waals surface area contributed by atoms with Gasteiger partial charge in [0, 0.05) is 0 Å². The van der Waals surface area contributed by atoms with E-state index in [0.717, 1.165) is 32.1 Å². The summed E-state index contributed by atoms with van der Waals surface area (Å²) in [5, 5.41) is 0. The number of hydrogen-bond donors (Lipinski definition) is 0. The van der Waals surface area contributed by atoms with Crippen molar-refractivity contribution in [3.05, 3.63) is 24.3 Å². The molecule has 1 fully saturated rings. The van der Waals surface area contributed by atoms with Crippen LogP contribution in [-0.4, -0.2) is 11.6 Å². The summed E-state index contributed by atoms with van der Waals surface area (Å²) in [5.74, 6) is 0.402. The van der Waals surface area contributed by atoms with Crippen LogP contribution in [0.25, 0.3) is 0 Å². The van der Waals surface area contributed by atoms with Gasteiger partial charge in [0.1, 0.15) is 5.60 Å². The van der Waals surface area contributed by atoms with Crippen molar-refractivity contribution in [2.75, 3.05) is 0 Å². The topological polar surface area (TPSA) is 26.3 Å². The van der Waals surface area contributed by atoms with Gasteiger partial charge in [-0.25, -0.2) is 0 Å². The summed E-state index contributed by atoms with van der Waals surface area (Å²) in [6.45, 7) is 18.2. The van der Waals surface area contributed by atoms with E-state index in [1.54, 1.807) is 0 Å². The van der Waals surface area contributed by atoms with Crippen molar-refractivity contribution in [2.24, 2.45) is 22.7 Å². The Morgan fingerprint density at radius 2 is 1.66 bits per heavy atom. The van der Waals surface area contributed by atoms with Crippen molar-refractivity contribution in [1.29, 1.82) is 0 Å². The molecule has 0 amide bonds. The smallest absolute Gasteiger partial charge is 0.313 e. The number of ether oxygens (including phenoxy) is 1. The highest BCUT2D eigenvalue weighted by Crippen LogP contribution is 2.41. The molecule has 2 unspecified atom stereocenters. The third-order valence-corrected chi connectivity index (χ3v) is 7.07. The van der Waals surface area contributed by atoms with Gasteiger partial charge in [0.25, 0.3) is 0 Å². The molecule has 1 saturated carbocycles. The molecule has 0 aromatic carbocycles. The zero-order chi connectivity index (χ0) is 22.1. The van der Waals surface area contributed by atoms with Crippen LogP contribution in [0.15, 0.2) is 24.3 Å². The van der Waals surface area contributed by atoms with E-state index in [-0.39, 0.29) is 17.5 Å². The fraction of sp³-hybridized carbons (Fsp3) is 0.815. The van der Waals surface area contributed by atoms with E-state index in [1.165, 1.54) is 25.7 Å². The average molecular weight is 405 g/mol. The molecule has 0 N–H and O–H groups in total. The van der Waals surface area contributed by atoms with Gasteiger partial charge in [-0.05, 0) is 75.0 Å². The van der Waals surface area contributed by atoms with Gasteiger partial charge in [-0.1, -0.05) is 79.2 Å². The second-order valence-corrected chi connectivity index (χ2v) is 11.0. The molecule has 2 nitrogen and oxygen atoms in total. The Hall–Kier alpha value is -1.05. The lowest BCUT2D eigenvalue weighted by Gasteiger charge is -2.37. The largest absolute Gasteiger partial charge is 0.459 e. The maximum absolute atomic E-state index is 13.0. The molecule has 0 spiro atoms. The zero-order valence-electron chi connectivity index (χ0n) is 20.6. The normalized spacial score (nSPS) is 19.7. The first-order valence-electron chi connectivity index (χ1n) is 12.0. The third kappa shape index (κ3) is 8.69. The van der Waals surface area contributed by atoms with E-state index in [9.17, 15) is 4.79 Å². The monoisotopic (exact) mass is 404 g/mol. The van der Waals surface area contributed by atoms with Gasteiger partial charge in [0.2, 0.25) is 0 Å². The van der Waals surface area contributed by atoms with Gasteiger partial charge < -0.3 is 4.74 Å². The fourth-order valence-electron chi connectivity index (χ4n) is 4.49. The Bertz CT molecular complexity index is 541. The Morgan fingerprint density at radius 3 is 2.14 bits per heavy atom. The Labute approximate surface area is 181 Å². The molecular formula is C27H48O2. The van der Waals surface area contributed by atoms with Crippen LogP contribution in [-0.2, 0) is 9.53 Å². The Balaban J connectivity index is 2.88. The molecule has 0 radical (unpaired) electrons. The van der Waals surface area contributed by atoms with Crippen LogP contribution >= 0.6 is 0 Å². The highest BCUT2D eigenvalue weighted by molar-refractivity contribution is 5.75. The summed E-state index contributed by atoms with van der Waals surface area (Å²) < 4.78 is 6.11. The first-order valence-corrected chi connectivity index (χ1v) is 12.0. The average Bonchev–Trinajstić information content (AvgIpc) is 3.11. The number of allylic oxidation sites excluding steroid dienone is 3. The number of esters is 1. The van der Waals surface area contributed by atoms with Crippen molar-refractivity contribution in [1.82, 2.24) is 0 Å². The molecule has 0 aromatic rings. The lowest BCUT2D eigenvalue weighted by atomic mass is 9.68. The SMILES string of the molecule is CC=CCC(C=CCC(CC(C)(C)C)C(C)(C)CC)C(=O)OC1(CC)CCCC1. The lowest BCUT2D eigenvalue weighted by molar-refractivity contribution is -0.163. The molecular weight excluding hydrogens is 356 g/mol. The van der Waals surface area contributed by atoms with Gasteiger partial charge in [-0.2, -0.15) is 0 Å². The fourth-order valence-corrected chi connectivity index (χ4v) is 4.49. The van der Waals surface area contributed by atoms with E-state index in [1.807, 2.05) is 13.0 Å². The number of carbonyl (C=O) groups is 1. The van der Waals surface area contributed by atoms with Crippen molar-refractivity contribution >= 4 is 5.97 Å². The quantitative estimate of drug-likeness (QED) is 0.256. The second-order valence-electron chi connectivity index (χ2n) is 11.0. The van der Waals surface area contributed by atoms with Gasteiger partial charge >= 0.3 is 5.97 Å². The zero-order valence-corrected chi connectivity index (χ0v) is 20.6. The predicted molar refractivity (Wildman–Crippen MR) is 126 cm³/mol. The van der Waals surface area contributed by atoms with Crippen LogP contribution in [0.4, 0.5) is 0 Å². The lowest BCUT2D eigenvalue weighted by Crippen LogP contribution is -2.33. The molecule has 1 aliphatic rings. The Kier molecular flexibility index (Phi) is 10.2. The van der Waals surface area contributed by atoms with Gasteiger partial charge in [0.15, 0.2) is 0 Å². The van der Waals surface area contributed by atoms with Crippen LogP contribution in [0.5, 0.6) is 0 Å². The molecule has 0 heterocycles. The van der Waals surface area contributed by atoms with Gasteiger partial charge in [0.05, 0.1) is 5.92 Å². The molecule has 0 saturated heterocycles. The summed E-state index contributed by atoms with van der Waals surface area (Å²) in [4.78, 5) is 13.0. The number of rotatable bonds is 11. The highest BCUT2D eigenvalue weighted by atomic mass is 16.6. The third-order valence-electron chi connectivity index (χ3n) is 7.07. The number of carbonyl (C=O) groups excluding carboxylic acids is 1. The molecule has 168 valence electrons. The standard InChI is InChI=1S/C27H48O2/c1-9-12-16-22(24(28)29-27(11-3)19-13-14-20-27)17-15-18-23(21-25(4,5)6)26(7,8)10-2/h9,12,15,17,22-23H,10-11,13-14,16,18-21H2,1-8H3. The summed E-state index contributed by atoms with van der Waals surface area (Å²) >= 11 is 0. The predicted octanol–water partition coefficient (Wildman–Crippen LogP) is 8.27. The van der Waals surface area contributed by atoms with Crippen molar-refractivity contribution in [2.45, 2.75) is 119 Å². The molecule has 0 bridgehead atoms. The number of hydrogen-bond acceptors (Lipinski definition) is 2. The van der Waals surface area contributed by atoms with Crippen LogP contribution in [0.1, 0.15) is 113 Å². The van der Waals surface area contributed by atoms with Gasteiger partial charge in [-0.15, -0.1) is 0 Å². The van der Waals surface area contributed by atoms with E-state index >= 15 is 0 Å². The van der Waals surface area contributed by atoms with E-state index in [0.29, 0.717) is 16.7 Å². The van der Waals surface area contributed by atoms with Crippen molar-refractivity contribution < 1.29 is 9.53 Å². The first-order chi connectivity index (χ1) is 13.5. The molecule has 0 aliphatic heterocycles. The van der Waals surface area contributed by atoms with Crippen molar-refractivity contribution in [3.8, 4) is 0 Å². The van der Waals surface area contributed by atoms with Crippen molar-refractivity contribution in [3.63, 3.8) is 0 Å². The van der Waals surface area contributed by atoms with Crippen LogP contribution in [0.2, 0.25) is 0 Å². The molecule has 29 heavy (non-hydrogen) atoms. The van der Waals surface area contributed by atoms with Crippen LogP contribution in [0.3, 0.4) is 0 Å². The minimum atomic E-state index is -0.210. The summed E-state index contributed by atoms with van der Waals surface area (Å²) in [5.41, 5.74) is 0.398. The summed E-state index contributed by atoms with van der Waals surface area (Å²) in [6.07, 6.45) is 18.0. The molecule has 1 aliphatic carbocycles. The highest BCUT2D eigenvalue weighted by Gasteiger charge is 2.37. The summed E-state index contributed by atoms with van der Waals surface area (Å²) in [7, 11) is 0. The summed E-state index contributed by atoms with van der Waals surface area (Å²) in [6, 6.07) is 0. The van der Waals surface area contributed by atoms with Crippen LogP contribution < -0.4 is 0 Å². The maximum atomic E-state index is 13.0. The maximum Gasteiger partial charge on any atom is 0.313 e. The van der Waals surface area contributed by atoms with E-state index < -0.39 is 0 Å². The van der Waals surface area contributed by atoms with E-state index in [4.69, 9.17) is 4.74 Å².